The molecule has 0 fully saturated rings. The summed E-state index contributed by atoms with van der Waals surface area (Å²) >= 11 is 0. The van der Waals surface area contributed by atoms with E-state index in [1.54, 1.807) is 13.2 Å². The Morgan fingerprint density at radius 2 is 2.00 bits per heavy atom. The molecular weight excluding hydrogens is 418 g/mol. The van der Waals surface area contributed by atoms with Gasteiger partial charge in [0.2, 0.25) is 10.0 Å². The molecule has 0 aliphatic rings. The number of rotatable bonds is 12. The molecule has 0 amide bonds. The summed E-state index contributed by atoms with van der Waals surface area (Å²) in [5.74, 6) is 1.37. The van der Waals surface area contributed by atoms with Gasteiger partial charge in [0.15, 0.2) is 5.96 Å². The lowest BCUT2D eigenvalue weighted by atomic mass is 10.1. The Morgan fingerprint density at radius 1 is 1.16 bits per heavy atom. The summed E-state index contributed by atoms with van der Waals surface area (Å²) in [5.41, 5.74) is 2.06. The van der Waals surface area contributed by atoms with Crippen LogP contribution in [0.15, 0.2) is 52.6 Å². The summed E-state index contributed by atoms with van der Waals surface area (Å²) in [5, 5.41) is 6.29. The average Bonchev–Trinajstić information content (AvgIpc) is 2.76. The third-order valence-corrected chi connectivity index (χ3v) is 5.62. The molecule has 31 heavy (non-hydrogen) atoms. The zero-order chi connectivity index (χ0) is 22.5. The first-order valence-electron chi connectivity index (χ1n) is 10.1. The lowest BCUT2D eigenvalue weighted by Gasteiger charge is -2.14. The van der Waals surface area contributed by atoms with E-state index in [-0.39, 0.29) is 11.4 Å². The number of guanidine groups is 1. The highest BCUT2D eigenvalue weighted by Gasteiger charge is 2.13. The molecule has 2 aromatic rings. The highest BCUT2D eigenvalue weighted by molar-refractivity contribution is 7.89. The lowest BCUT2D eigenvalue weighted by molar-refractivity contribution is 0.146. The van der Waals surface area contributed by atoms with Crippen molar-refractivity contribution in [2.45, 2.75) is 25.3 Å². The molecule has 170 valence electrons. The smallest absolute Gasteiger partial charge is 0.242 e. The Kier molecular flexibility index (Phi) is 10.2. The topological polar surface area (TPSA) is 114 Å². The van der Waals surface area contributed by atoms with Crippen molar-refractivity contribution in [1.29, 1.82) is 0 Å². The van der Waals surface area contributed by atoms with Crippen LogP contribution < -0.4 is 20.1 Å². The largest absolute Gasteiger partial charge is 0.491 e. The van der Waals surface area contributed by atoms with Crippen LogP contribution in [0.3, 0.4) is 0 Å². The van der Waals surface area contributed by atoms with E-state index in [2.05, 4.69) is 25.3 Å². The standard InChI is InChI=1S/C21H31N5O4S/c1-4-23-21(24-10-11-26-31(27,28)19-6-5-9-22-16-19)25-15-18-8-7-17(2)14-20(18)30-13-12-29-3/h5-9,14,16,26H,4,10-13,15H2,1-3H3,(H2,23,24,25). The SMILES string of the molecule is CCNC(=NCc1ccc(C)cc1OCCOC)NCCNS(=O)(=O)c1cccnc1. The first kappa shape index (κ1) is 24.6. The van der Waals surface area contributed by atoms with Gasteiger partial charge in [-0.2, -0.15) is 0 Å². The number of nitrogens with zero attached hydrogens (tertiary/aromatic N) is 2. The van der Waals surface area contributed by atoms with Gasteiger partial charge in [-0.25, -0.2) is 18.1 Å². The molecule has 0 unspecified atom stereocenters. The fourth-order valence-corrected chi connectivity index (χ4v) is 3.62. The van der Waals surface area contributed by atoms with Gasteiger partial charge in [0.1, 0.15) is 17.3 Å². The number of hydrogen-bond acceptors (Lipinski definition) is 6. The molecular formula is C21H31N5O4S. The summed E-state index contributed by atoms with van der Waals surface area (Å²) in [6.45, 7) is 6.62. The number of hydrogen-bond donors (Lipinski definition) is 3. The molecule has 2 rings (SSSR count). The van der Waals surface area contributed by atoms with Crippen molar-refractivity contribution in [3.8, 4) is 5.75 Å². The Labute approximate surface area is 184 Å². The van der Waals surface area contributed by atoms with Gasteiger partial charge in [-0.05, 0) is 37.6 Å². The number of benzene rings is 1. The van der Waals surface area contributed by atoms with E-state index in [0.29, 0.717) is 38.8 Å². The number of ether oxygens (including phenoxy) is 2. The minimum absolute atomic E-state index is 0.135. The van der Waals surface area contributed by atoms with Gasteiger partial charge >= 0.3 is 0 Å². The second-order valence-corrected chi connectivity index (χ2v) is 8.43. The predicted octanol–water partition coefficient (Wildman–Crippen LogP) is 1.45. The van der Waals surface area contributed by atoms with Crippen molar-refractivity contribution in [1.82, 2.24) is 20.3 Å². The second kappa shape index (κ2) is 12.9. The van der Waals surface area contributed by atoms with E-state index in [4.69, 9.17) is 9.47 Å². The molecule has 0 atom stereocenters. The van der Waals surface area contributed by atoms with Crippen molar-refractivity contribution >= 4 is 16.0 Å². The zero-order valence-corrected chi connectivity index (χ0v) is 19.0. The maximum absolute atomic E-state index is 12.2. The van der Waals surface area contributed by atoms with E-state index in [0.717, 1.165) is 16.9 Å². The first-order chi connectivity index (χ1) is 15.0. The molecule has 10 heteroatoms. The quantitative estimate of drug-likeness (QED) is 0.255. The molecule has 9 nitrogen and oxygen atoms in total. The summed E-state index contributed by atoms with van der Waals surface area (Å²) in [6, 6.07) is 9.07. The van der Waals surface area contributed by atoms with Crippen LogP contribution in [-0.2, 0) is 21.3 Å². The van der Waals surface area contributed by atoms with Gasteiger partial charge in [-0.1, -0.05) is 12.1 Å². The molecule has 1 heterocycles. The van der Waals surface area contributed by atoms with Gasteiger partial charge in [0, 0.05) is 44.7 Å². The van der Waals surface area contributed by atoms with Gasteiger partial charge in [-0.3, -0.25) is 4.98 Å². The number of pyridine rings is 1. The maximum Gasteiger partial charge on any atom is 0.242 e. The average molecular weight is 450 g/mol. The van der Waals surface area contributed by atoms with Crippen LogP contribution in [0.2, 0.25) is 0 Å². The van der Waals surface area contributed by atoms with Crippen molar-refractivity contribution < 1.29 is 17.9 Å². The zero-order valence-electron chi connectivity index (χ0n) is 18.2. The summed E-state index contributed by atoms with van der Waals surface area (Å²) in [7, 11) is -1.95. The van der Waals surface area contributed by atoms with Gasteiger partial charge < -0.3 is 20.1 Å². The van der Waals surface area contributed by atoms with E-state index < -0.39 is 10.0 Å². The van der Waals surface area contributed by atoms with Crippen LogP contribution in [0.5, 0.6) is 5.75 Å². The van der Waals surface area contributed by atoms with Crippen LogP contribution in [0.4, 0.5) is 0 Å². The molecule has 0 saturated carbocycles. The Morgan fingerprint density at radius 3 is 2.71 bits per heavy atom. The Bertz CT molecular complexity index is 936. The van der Waals surface area contributed by atoms with Crippen molar-refractivity contribution in [2.24, 2.45) is 4.99 Å². The third-order valence-electron chi connectivity index (χ3n) is 4.17. The van der Waals surface area contributed by atoms with Crippen molar-refractivity contribution in [2.75, 3.05) is 40.0 Å². The first-order valence-corrected chi connectivity index (χ1v) is 11.6. The lowest BCUT2D eigenvalue weighted by Crippen LogP contribution is -2.41. The van der Waals surface area contributed by atoms with Gasteiger partial charge in [-0.15, -0.1) is 0 Å². The Hall–Kier alpha value is -2.69. The summed E-state index contributed by atoms with van der Waals surface area (Å²) in [6.07, 6.45) is 2.84. The fraction of sp³-hybridized carbons (Fsp3) is 0.429. The van der Waals surface area contributed by atoms with Crippen LogP contribution in [0, 0.1) is 6.92 Å². The number of sulfonamides is 1. The molecule has 1 aromatic carbocycles. The van der Waals surface area contributed by atoms with Crippen molar-refractivity contribution in [3.63, 3.8) is 0 Å². The molecule has 1 aromatic heterocycles. The van der Waals surface area contributed by atoms with Crippen LogP contribution in [-0.4, -0.2) is 59.3 Å². The summed E-state index contributed by atoms with van der Waals surface area (Å²) in [4.78, 5) is 8.57. The van der Waals surface area contributed by atoms with Crippen LogP contribution in [0.25, 0.3) is 0 Å². The van der Waals surface area contributed by atoms with E-state index >= 15 is 0 Å². The summed E-state index contributed by atoms with van der Waals surface area (Å²) < 4.78 is 37.9. The molecule has 0 aliphatic carbocycles. The molecule has 0 radical (unpaired) electrons. The van der Waals surface area contributed by atoms with Crippen LogP contribution >= 0.6 is 0 Å². The molecule has 3 N–H and O–H groups in total. The van der Waals surface area contributed by atoms with Crippen LogP contribution in [0.1, 0.15) is 18.1 Å². The van der Waals surface area contributed by atoms with E-state index in [1.807, 2.05) is 32.0 Å². The highest BCUT2D eigenvalue weighted by atomic mass is 32.2. The molecule has 0 bridgehead atoms. The number of aryl methyl sites for hydroxylation is 1. The number of methoxy groups -OCH3 is 1. The van der Waals surface area contributed by atoms with Gasteiger partial charge in [0.05, 0.1) is 13.2 Å². The normalized spacial score (nSPS) is 11.9. The van der Waals surface area contributed by atoms with E-state index in [9.17, 15) is 8.42 Å². The highest BCUT2D eigenvalue weighted by Crippen LogP contribution is 2.21. The molecule has 0 saturated heterocycles. The minimum Gasteiger partial charge on any atom is -0.491 e. The van der Waals surface area contributed by atoms with E-state index in [1.165, 1.54) is 18.5 Å². The number of nitrogens with one attached hydrogen (secondary N) is 3. The fourth-order valence-electron chi connectivity index (χ4n) is 2.62. The molecule has 0 aliphatic heterocycles. The molecule has 0 spiro atoms. The third kappa shape index (κ3) is 8.52. The number of aliphatic imine (C=N–C) groups is 1. The second-order valence-electron chi connectivity index (χ2n) is 6.66. The monoisotopic (exact) mass is 449 g/mol. The minimum atomic E-state index is -3.59. The van der Waals surface area contributed by atoms with Crippen molar-refractivity contribution in [3.05, 3.63) is 53.9 Å². The predicted molar refractivity (Wildman–Crippen MR) is 121 cm³/mol. The maximum atomic E-state index is 12.2. The Balaban J connectivity index is 1.93. The van der Waals surface area contributed by atoms with Gasteiger partial charge in [0.25, 0.3) is 0 Å². The number of aromatic nitrogens is 1.